The van der Waals surface area contributed by atoms with Gasteiger partial charge in [-0.2, -0.15) is 0 Å². The number of hydrogen-bond acceptors (Lipinski definition) is 3. The van der Waals surface area contributed by atoms with Crippen molar-refractivity contribution in [2.24, 2.45) is 5.92 Å². The minimum absolute atomic E-state index is 0.00211. The molecule has 1 aliphatic heterocycles. The van der Waals surface area contributed by atoms with E-state index in [0.717, 1.165) is 11.3 Å². The summed E-state index contributed by atoms with van der Waals surface area (Å²) in [5, 5.41) is 13.9. The van der Waals surface area contributed by atoms with Crippen molar-refractivity contribution in [3.8, 4) is 0 Å². The van der Waals surface area contributed by atoms with Crippen molar-refractivity contribution in [2.75, 3.05) is 18.4 Å². The highest BCUT2D eigenvalue weighted by molar-refractivity contribution is 5.83. The number of aliphatic hydroxyl groups is 1. The van der Waals surface area contributed by atoms with Crippen LogP contribution in [-0.4, -0.2) is 34.6 Å². The van der Waals surface area contributed by atoms with Crippen molar-refractivity contribution < 1.29 is 9.90 Å². The molecule has 2 unspecified atom stereocenters. The second-order valence-corrected chi connectivity index (χ2v) is 6.34. The molecule has 0 spiro atoms. The maximum atomic E-state index is 12.7. The number of carbonyl (C=O) groups excluding carboxylic acids is 1. The first-order valence-corrected chi connectivity index (χ1v) is 7.90. The van der Waals surface area contributed by atoms with E-state index in [9.17, 15) is 9.90 Å². The van der Waals surface area contributed by atoms with Gasteiger partial charge >= 0.3 is 0 Å². The molecule has 2 atom stereocenters. The summed E-state index contributed by atoms with van der Waals surface area (Å²) in [7, 11) is 0. The second kappa shape index (κ2) is 6.42. The molecule has 1 heterocycles. The van der Waals surface area contributed by atoms with Crippen LogP contribution in [0.25, 0.3) is 0 Å². The molecule has 0 bridgehead atoms. The van der Waals surface area contributed by atoms with Crippen molar-refractivity contribution in [1.82, 2.24) is 4.90 Å². The lowest BCUT2D eigenvalue weighted by Gasteiger charge is -2.23. The van der Waals surface area contributed by atoms with E-state index in [1.807, 2.05) is 60.7 Å². The van der Waals surface area contributed by atoms with E-state index >= 15 is 0 Å². The number of rotatable bonds is 5. The Hall–Kier alpha value is -2.33. The molecule has 0 aliphatic carbocycles. The minimum atomic E-state index is -1.02. The molecule has 2 N–H and O–H groups in total. The predicted octanol–water partition coefficient (Wildman–Crippen LogP) is 2.51. The van der Waals surface area contributed by atoms with Crippen molar-refractivity contribution in [1.29, 1.82) is 0 Å². The zero-order valence-corrected chi connectivity index (χ0v) is 13.3. The third kappa shape index (κ3) is 3.54. The molecular formula is C19H22N2O2. The largest absolute Gasteiger partial charge is 0.387 e. The fourth-order valence-electron chi connectivity index (χ4n) is 3.08. The molecule has 4 heteroatoms. The standard InChI is InChI=1S/C19H22N2O2/c1-19(23)14-21(13-15-8-4-2-5-9-15)18(22)17(19)12-20-16-10-6-3-7-11-16/h2-11,17,20,23H,12-14H2,1H3. The highest BCUT2D eigenvalue weighted by atomic mass is 16.3. The molecule has 120 valence electrons. The van der Waals surface area contributed by atoms with Gasteiger partial charge in [0.05, 0.1) is 18.1 Å². The number of benzene rings is 2. The van der Waals surface area contributed by atoms with E-state index in [1.54, 1.807) is 11.8 Å². The smallest absolute Gasteiger partial charge is 0.230 e. The lowest BCUT2D eigenvalue weighted by atomic mass is 9.92. The summed E-state index contributed by atoms with van der Waals surface area (Å²) in [5.74, 6) is -0.436. The maximum absolute atomic E-state index is 12.7. The van der Waals surface area contributed by atoms with Crippen molar-refractivity contribution in [3.05, 3.63) is 66.2 Å². The first-order chi connectivity index (χ1) is 11.1. The number of anilines is 1. The van der Waals surface area contributed by atoms with Gasteiger partial charge in [0.1, 0.15) is 0 Å². The van der Waals surface area contributed by atoms with E-state index < -0.39 is 11.5 Å². The highest BCUT2D eigenvalue weighted by Crippen LogP contribution is 2.30. The van der Waals surface area contributed by atoms with Gasteiger partial charge in [-0.15, -0.1) is 0 Å². The molecule has 3 rings (SSSR count). The number of nitrogens with one attached hydrogen (secondary N) is 1. The lowest BCUT2D eigenvalue weighted by Crippen LogP contribution is -2.38. The zero-order chi connectivity index (χ0) is 16.3. The quantitative estimate of drug-likeness (QED) is 0.892. The number of para-hydroxylation sites is 1. The van der Waals surface area contributed by atoms with Gasteiger partial charge in [-0.05, 0) is 24.6 Å². The maximum Gasteiger partial charge on any atom is 0.230 e. The highest BCUT2D eigenvalue weighted by Gasteiger charge is 2.47. The van der Waals surface area contributed by atoms with E-state index in [-0.39, 0.29) is 5.91 Å². The summed E-state index contributed by atoms with van der Waals surface area (Å²) in [6.45, 7) is 3.08. The van der Waals surface area contributed by atoms with Gasteiger partial charge in [0.15, 0.2) is 0 Å². The Bertz CT molecular complexity index is 656. The van der Waals surface area contributed by atoms with E-state index in [0.29, 0.717) is 19.6 Å². The van der Waals surface area contributed by atoms with E-state index in [1.165, 1.54) is 0 Å². The average Bonchev–Trinajstić information content (AvgIpc) is 2.76. The molecule has 1 aliphatic rings. The Morgan fingerprint density at radius 3 is 2.39 bits per heavy atom. The van der Waals surface area contributed by atoms with Gasteiger partial charge in [0.2, 0.25) is 5.91 Å². The molecule has 4 nitrogen and oxygen atoms in total. The average molecular weight is 310 g/mol. The second-order valence-electron chi connectivity index (χ2n) is 6.34. The Morgan fingerprint density at radius 2 is 1.74 bits per heavy atom. The number of β-amino-alcohol motifs (C(OH)–C–C–N with tert-alkyl or cyclic N) is 1. The fraction of sp³-hybridized carbons (Fsp3) is 0.316. The van der Waals surface area contributed by atoms with Crippen LogP contribution in [0.15, 0.2) is 60.7 Å². The van der Waals surface area contributed by atoms with E-state index in [4.69, 9.17) is 0 Å². The molecule has 2 aromatic rings. The summed E-state index contributed by atoms with van der Waals surface area (Å²) in [4.78, 5) is 14.4. The lowest BCUT2D eigenvalue weighted by molar-refractivity contribution is -0.132. The Morgan fingerprint density at radius 1 is 1.13 bits per heavy atom. The van der Waals surface area contributed by atoms with Crippen molar-refractivity contribution in [3.63, 3.8) is 0 Å². The molecule has 0 saturated carbocycles. The van der Waals surface area contributed by atoms with Gasteiger partial charge in [-0.1, -0.05) is 48.5 Å². The van der Waals surface area contributed by atoms with Crippen LogP contribution in [0.4, 0.5) is 5.69 Å². The van der Waals surface area contributed by atoms with Crippen molar-refractivity contribution in [2.45, 2.75) is 19.1 Å². The number of nitrogens with zero attached hydrogens (tertiary/aromatic N) is 1. The van der Waals surface area contributed by atoms with Crippen LogP contribution in [0, 0.1) is 5.92 Å². The first-order valence-electron chi connectivity index (χ1n) is 7.90. The SMILES string of the molecule is CC1(O)CN(Cc2ccccc2)C(=O)C1CNc1ccccc1. The topological polar surface area (TPSA) is 52.6 Å². The van der Waals surface area contributed by atoms with Crippen LogP contribution in [0.1, 0.15) is 12.5 Å². The number of likely N-dealkylation sites (tertiary alicyclic amines) is 1. The van der Waals surface area contributed by atoms with Crippen LogP contribution >= 0.6 is 0 Å². The normalized spacial score (nSPS) is 24.0. The molecule has 1 fully saturated rings. The Kier molecular flexibility index (Phi) is 4.35. The van der Waals surface area contributed by atoms with Gasteiger partial charge < -0.3 is 15.3 Å². The van der Waals surface area contributed by atoms with Crippen LogP contribution in [0.2, 0.25) is 0 Å². The molecule has 0 radical (unpaired) electrons. The molecule has 1 amide bonds. The number of amides is 1. The number of hydrogen-bond donors (Lipinski definition) is 2. The minimum Gasteiger partial charge on any atom is -0.387 e. The van der Waals surface area contributed by atoms with E-state index in [2.05, 4.69) is 5.32 Å². The third-order valence-corrected chi connectivity index (χ3v) is 4.37. The fourth-order valence-corrected chi connectivity index (χ4v) is 3.08. The molecule has 0 aromatic heterocycles. The third-order valence-electron chi connectivity index (χ3n) is 4.37. The summed E-state index contributed by atoms with van der Waals surface area (Å²) in [6, 6.07) is 19.6. The summed E-state index contributed by atoms with van der Waals surface area (Å²) in [6.07, 6.45) is 0. The van der Waals surface area contributed by atoms with Gasteiger partial charge in [0.25, 0.3) is 0 Å². The molecule has 1 saturated heterocycles. The van der Waals surface area contributed by atoms with Crippen molar-refractivity contribution >= 4 is 11.6 Å². The van der Waals surface area contributed by atoms with Gasteiger partial charge in [0, 0.05) is 18.8 Å². The molecular weight excluding hydrogens is 288 g/mol. The number of carbonyl (C=O) groups is 1. The monoisotopic (exact) mass is 310 g/mol. The van der Waals surface area contributed by atoms with Crippen LogP contribution < -0.4 is 5.32 Å². The first kappa shape index (κ1) is 15.6. The molecule has 23 heavy (non-hydrogen) atoms. The van der Waals surface area contributed by atoms with Crippen LogP contribution in [0.3, 0.4) is 0 Å². The van der Waals surface area contributed by atoms with Crippen LogP contribution in [0.5, 0.6) is 0 Å². The van der Waals surface area contributed by atoms with Gasteiger partial charge in [-0.25, -0.2) is 0 Å². The summed E-state index contributed by atoms with van der Waals surface area (Å²) < 4.78 is 0. The Balaban J connectivity index is 1.67. The predicted molar refractivity (Wildman–Crippen MR) is 90.9 cm³/mol. The zero-order valence-electron chi connectivity index (χ0n) is 13.3. The molecule has 2 aromatic carbocycles. The summed E-state index contributed by atoms with van der Waals surface area (Å²) >= 11 is 0. The van der Waals surface area contributed by atoms with Gasteiger partial charge in [-0.3, -0.25) is 4.79 Å². The Labute approximate surface area is 136 Å². The summed E-state index contributed by atoms with van der Waals surface area (Å²) in [5.41, 5.74) is 1.01. The van der Waals surface area contributed by atoms with Crippen LogP contribution in [-0.2, 0) is 11.3 Å².